The minimum atomic E-state index is -0.535. The molecule has 0 spiro atoms. The van der Waals surface area contributed by atoms with E-state index in [0.717, 1.165) is 24.8 Å². The normalized spacial score (nSPS) is 41.6. The Morgan fingerprint density at radius 1 is 1.31 bits per heavy atom. The van der Waals surface area contributed by atoms with Gasteiger partial charge in [-0.2, -0.15) is 0 Å². The van der Waals surface area contributed by atoms with E-state index in [2.05, 4.69) is 13.5 Å². The summed E-state index contributed by atoms with van der Waals surface area (Å²) in [5, 5.41) is 20.5. The molecule has 0 amide bonds. The smallest absolute Gasteiger partial charge is 0.454 e. The van der Waals surface area contributed by atoms with Crippen molar-refractivity contribution in [1.29, 1.82) is 0 Å². The van der Waals surface area contributed by atoms with Gasteiger partial charge in [-0.05, 0) is 49.4 Å². The number of hydrogen-bond donors (Lipinski definition) is 2. The molecule has 1 aliphatic heterocycles. The van der Waals surface area contributed by atoms with Crippen LogP contribution in [0.3, 0.4) is 0 Å². The summed E-state index contributed by atoms with van der Waals surface area (Å²) < 4.78 is 4.80. The number of rotatable bonds is 3. The van der Waals surface area contributed by atoms with Crippen molar-refractivity contribution in [3.8, 4) is 0 Å². The van der Waals surface area contributed by atoms with Crippen LogP contribution in [0.25, 0.3) is 0 Å². The van der Waals surface area contributed by atoms with Gasteiger partial charge in [0.1, 0.15) is 5.57 Å². The first-order chi connectivity index (χ1) is 11.7. The van der Waals surface area contributed by atoms with Crippen LogP contribution in [0, 0.1) is 22.7 Å². The van der Waals surface area contributed by atoms with Crippen LogP contribution in [-0.2, 0) is 14.3 Å². The van der Waals surface area contributed by atoms with Crippen molar-refractivity contribution in [1.82, 2.24) is 0 Å². The maximum absolute atomic E-state index is 11.8. The van der Waals surface area contributed by atoms with E-state index in [1.165, 1.54) is 0 Å². The first-order valence-corrected chi connectivity index (χ1v) is 9.11. The van der Waals surface area contributed by atoms with Crippen LogP contribution in [0.15, 0.2) is 23.8 Å². The minimum absolute atomic E-state index is 0. The molecule has 26 heavy (non-hydrogen) atoms. The van der Waals surface area contributed by atoms with Crippen LogP contribution in [0.2, 0.25) is 0 Å². The van der Waals surface area contributed by atoms with Crippen molar-refractivity contribution in [3.63, 3.8) is 0 Å². The second-order valence-electron chi connectivity index (χ2n) is 8.38. The van der Waals surface area contributed by atoms with Crippen molar-refractivity contribution in [2.45, 2.75) is 52.1 Å². The fraction of sp³-hybridized carbons (Fsp3) is 0.700. The van der Waals surface area contributed by atoms with Crippen molar-refractivity contribution in [3.05, 3.63) is 23.8 Å². The molecule has 0 radical (unpaired) electrons. The SMILES string of the molecule is C=C1CCC2[C@](C)(CO)[C@H](O)CC[C@@]2(C)[C@@H]1C/C=C1/C(=O)COC1=O.[K+]. The van der Waals surface area contributed by atoms with Crippen LogP contribution in [0.1, 0.15) is 46.0 Å². The molecule has 0 aromatic heterocycles. The molecule has 1 unspecified atom stereocenters. The van der Waals surface area contributed by atoms with E-state index in [9.17, 15) is 19.8 Å². The predicted octanol–water partition coefficient (Wildman–Crippen LogP) is -0.825. The molecule has 2 N–H and O–H groups in total. The van der Waals surface area contributed by atoms with E-state index in [1.807, 2.05) is 6.92 Å². The molecule has 3 aliphatic rings. The number of cyclic esters (lactones) is 1. The van der Waals surface area contributed by atoms with Crippen molar-refractivity contribution < 1.29 is 75.9 Å². The first kappa shape index (κ1) is 22.5. The van der Waals surface area contributed by atoms with E-state index in [-0.39, 0.29) is 93.2 Å². The largest absolute Gasteiger partial charge is 1.00 e. The van der Waals surface area contributed by atoms with Gasteiger partial charge in [0.15, 0.2) is 6.61 Å². The number of allylic oxidation sites excluding steroid dienone is 2. The summed E-state index contributed by atoms with van der Waals surface area (Å²) in [6.45, 7) is 8.23. The Labute approximate surface area is 197 Å². The molecule has 1 saturated heterocycles. The zero-order chi connectivity index (χ0) is 18.4. The van der Waals surface area contributed by atoms with Crippen LogP contribution in [-0.4, -0.2) is 41.3 Å². The zero-order valence-electron chi connectivity index (χ0n) is 16.1. The van der Waals surface area contributed by atoms with E-state index in [1.54, 1.807) is 6.08 Å². The fourth-order valence-corrected chi connectivity index (χ4v) is 5.47. The molecule has 1 heterocycles. The number of hydrogen-bond acceptors (Lipinski definition) is 5. The molecule has 3 fully saturated rings. The average molecular weight is 388 g/mol. The summed E-state index contributed by atoms with van der Waals surface area (Å²) in [6.07, 6.45) is 5.01. The first-order valence-electron chi connectivity index (χ1n) is 9.11. The van der Waals surface area contributed by atoms with Crippen molar-refractivity contribution in [2.75, 3.05) is 13.2 Å². The Bertz CT molecular complexity index is 624. The molecule has 6 heteroatoms. The van der Waals surface area contributed by atoms with E-state index in [0.29, 0.717) is 12.8 Å². The molecule has 3 rings (SSSR count). The Morgan fingerprint density at radius 3 is 2.58 bits per heavy atom. The molecule has 0 bridgehead atoms. The topological polar surface area (TPSA) is 83.8 Å². The predicted molar refractivity (Wildman–Crippen MR) is 92.6 cm³/mol. The fourth-order valence-electron chi connectivity index (χ4n) is 5.47. The number of ether oxygens (including phenoxy) is 1. The number of aliphatic hydroxyl groups excluding tert-OH is 2. The molecule has 2 saturated carbocycles. The van der Waals surface area contributed by atoms with Crippen LogP contribution in [0.5, 0.6) is 0 Å². The number of ketones is 1. The van der Waals surface area contributed by atoms with Gasteiger partial charge in [0.25, 0.3) is 0 Å². The number of Topliss-reactive ketones (excluding diaryl/α,β-unsaturated/α-hetero) is 1. The van der Waals surface area contributed by atoms with Gasteiger partial charge in [-0.3, -0.25) is 4.79 Å². The van der Waals surface area contributed by atoms with Gasteiger partial charge >= 0.3 is 57.4 Å². The van der Waals surface area contributed by atoms with Gasteiger partial charge in [-0.1, -0.05) is 32.1 Å². The van der Waals surface area contributed by atoms with Gasteiger partial charge in [0, 0.05) is 5.41 Å². The van der Waals surface area contributed by atoms with Gasteiger partial charge in [-0.25, -0.2) is 4.79 Å². The Hall–Kier alpha value is 0.176. The van der Waals surface area contributed by atoms with Crippen LogP contribution >= 0.6 is 0 Å². The molecule has 138 valence electrons. The number of carbonyl (C=O) groups excluding carboxylic acids is 2. The van der Waals surface area contributed by atoms with Crippen molar-refractivity contribution >= 4 is 11.8 Å². The summed E-state index contributed by atoms with van der Waals surface area (Å²) >= 11 is 0. The van der Waals surface area contributed by atoms with E-state index >= 15 is 0 Å². The number of carbonyl (C=O) groups is 2. The summed E-state index contributed by atoms with van der Waals surface area (Å²) in [7, 11) is 0. The molecule has 5 atom stereocenters. The number of fused-ring (bicyclic) bond motifs is 1. The van der Waals surface area contributed by atoms with Gasteiger partial charge < -0.3 is 14.9 Å². The molecular weight excluding hydrogens is 359 g/mol. The zero-order valence-corrected chi connectivity index (χ0v) is 19.2. The Balaban J connectivity index is 0.00000243. The molecule has 0 aromatic carbocycles. The second-order valence-corrected chi connectivity index (χ2v) is 8.38. The molecule has 0 aromatic rings. The number of aliphatic hydroxyl groups is 2. The summed E-state index contributed by atoms with van der Waals surface area (Å²) in [5.41, 5.74) is 0.640. The Morgan fingerprint density at radius 2 is 2.00 bits per heavy atom. The van der Waals surface area contributed by atoms with E-state index < -0.39 is 17.5 Å². The Kier molecular flexibility index (Phi) is 7.15. The third-order valence-electron chi connectivity index (χ3n) is 7.11. The van der Waals surface area contributed by atoms with Gasteiger partial charge in [-0.15, -0.1) is 0 Å². The standard InChI is InChI=1S/C20H28O5.K/c1-12-4-7-16-19(2,9-8-17(23)20(16,3)11-21)14(12)6-5-13-15(22)10-25-18(13)24;/h5,14,16-17,21,23H,1,4,6-11H2,2-3H3;/q;+1/b13-5-;/t14-,16?,17-,19+,20+;/m1./s1. The molecule has 2 aliphatic carbocycles. The van der Waals surface area contributed by atoms with Gasteiger partial charge in [0.05, 0.1) is 12.7 Å². The molecular formula is C20H28KO5+. The third-order valence-corrected chi connectivity index (χ3v) is 7.11. The summed E-state index contributed by atoms with van der Waals surface area (Å²) in [5.74, 6) is -0.494. The van der Waals surface area contributed by atoms with Crippen LogP contribution in [0.4, 0.5) is 0 Å². The average Bonchev–Trinajstić information content (AvgIpc) is 2.89. The third kappa shape index (κ3) is 3.59. The second kappa shape index (κ2) is 8.27. The minimum Gasteiger partial charge on any atom is -0.454 e. The van der Waals surface area contributed by atoms with E-state index in [4.69, 9.17) is 4.74 Å². The van der Waals surface area contributed by atoms with Crippen molar-refractivity contribution in [2.24, 2.45) is 22.7 Å². The quantitative estimate of drug-likeness (QED) is 0.217. The molecule has 5 nitrogen and oxygen atoms in total. The monoisotopic (exact) mass is 387 g/mol. The maximum atomic E-state index is 11.8. The van der Waals surface area contributed by atoms with Gasteiger partial charge in [0.2, 0.25) is 5.78 Å². The maximum Gasteiger partial charge on any atom is 1.00 e. The van der Waals surface area contributed by atoms with Crippen LogP contribution < -0.4 is 51.4 Å². The summed E-state index contributed by atoms with van der Waals surface area (Å²) in [4.78, 5) is 23.5. The number of esters is 1. The summed E-state index contributed by atoms with van der Waals surface area (Å²) in [6, 6.07) is 0.